The Kier molecular flexibility index (Phi) is 4.58. The fourth-order valence-electron chi connectivity index (χ4n) is 2.86. The molecule has 1 aromatic carbocycles. The van der Waals surface area contributed by atoms with Crippen LogP contribution in [0.2, 0.25) is 0 Å². The summed E-state index contributed by atoms with van der Waals surface area (Å²) in [7, 11) is 3.66. The van der Waals surface area contributed by atoms with E-state index in [9.17, 15) is 18.7 Å². The third-order valence-electron chi connectivity index (χ3n) is 3.63. The van der Waals surface area contributed by atoms with Gasteiger partial charge in [-0.3, -0.25) is 4.79 Å². The first-order valence-corrected chi connectivity index (χ1v) is 6.93. The molecule has 2 rings (SSSR count). The first-order valence-electron chi connectivity index (χ1n) is 6.93. The highest BCUT2D eigenvalue weighted by Crippen LogP contribution is 2.24. The number of β-amino-alcohol motifs (C(OH)–C–C–N with tert-alkyl or cyclic N) is 1. The molecule has 1 atom stereocenters. The van der Waals surface area contributed by atoms with Crippen LogP contribution in [0.4, 0.5) is 8.78 Å². The van der Waals surface area contributed by atoms with Gasteiger partial charge in [-0.15, -0.1) is 0 Å². The summed E-state index contributed by atoms with van der Waals surface area (Å²) in [6, 6.07) is 3.35. The van der Waals surface area contributed by atoms with Gasteiger partial charge in [0.05, 0.1) is 12.1 Å². The fraction of sp³-hybridized carbons (Fsp3) is 0.533. The monoisotopic (exact) mass is 298 g/mol. The third-order valence-corrected chi connectivity index (χ3v) is 3.63. The number of aliphatic hydroxyl groups is 1. The lowest BCUT2D eigenvalue weighted by molar-refractivity contribution is -0.0393. The number of hydrogen-bond donors (Lipinski definition) is 1. The predicted molar refractivity (Wildman–Crippen MR) is 75.0 cm³/mol. The zero-order valence-corrected chi connectivity index (χ0v) is 12.3. The standard InChI is InChI=1S/C15H20F2N2O2/c1-18(2)9-15(21)7-4-8-19(10-15)14(20)13-11(16)5-3-6-12(13)17/h3,5-6,21H,4,7-10H2,1-2H3. The van der Waals surface area contributed by atoms with Crippen molar-refractivity contribution in [1.82, 2.24) is 9.80 Å². The Hall–Kier alpha value is -1.53. The van der Waals surface area contributed by atoms with Gasteiger partial charge in [0.2, 0.25) is 0 Å². The molecule has 4 nitrogen and oxygen atoms in total. The molecule has 6 heteroatoms. The zero-order chi connectivity index (χ0) is 15.6. The molecule has 0 aliphatic carbocycles. The van der Waals surface area contributed by atoms with Crippen LogP contribution in [0.25, 0.3) is 0 Å². The Morgan fingerprint density at radius 3 is 2.57 bits per heavy atom. The highest BCUT2D eigenvalue weighted by Gasteiger charge is 2.37. The number of amides is 1. The number of piperidine rings is 1. The molecule has 1 fully saturated rings. The molecule has 0 radical (unpaired) electrons. The van der Waals surface area contributed by atoms with Crippen molar-refractivity contribution in [2.45, 2.75) is 18.4 Å². The Labute approximate surface area is 123 Å². The molecule has 0 saturated carbocycles. The van der Waals surface area contributed by atoms with Crippen LogP contribution >= 0.6 is 0 Å². The largest absolute Gasteiger partial charge is 0.387 e. The van der Waals surface area contributed by atoms with Crippen LogP contribution in [0.15, 0.2) is 18.2 Å². The third kappa shape index (κ3) is 3.57. The van der Waals surface area contributed by atoms with Crippen molar-refractivity contribution in [2.75, 3.05) is 33.7 Å². The maximum atomic E-state index is 13.7. The Bertz CT molecular complexity index is 516. The number of nitrogens with zero attached hydrogens (tertiary/aromatic N) is 2. The first-order chi connectivity index (χ1) is 9.82. The van der Waals surface area contributed by atoms with Crippen LogP contribution in [0, 0.1) is 11.6 Å². The van der Waals surface area contributed by atoms with E-state index in [0.29, 0.717) is 25.9 Å². The van der Waals surface area contributed by atoms with Crippen molar-refractivity contribution in [3.05, 3.63) is 35.4 Å². The van der Waals surface area contributed by atoms with Gasteiger partial charge >= 0.3 is 0 Å². The molecule has 1 unspecified atom stereocenters. The molecule has 1 saturated heterocycles. The number of likely N-dealkylation sites (tertiary alicyclic amines) is 1. The molecule has 21 heavy (non-hydrogen) atoms. The number of halogens is 2. The lowest BCUT2D eigenvalue weighted by atomic mass is 9.92. The van der Waals surface area contributed by atoms with Gasteiger partial charge in [0.25, 0.3) is 5.91 Å². The van der Waals surface area contributed by atoms with Gasteiger partial charge in [0.1, 0.15) is 17.2 Å². The molecular weight excluding hydrogens is 278 g/mol. The number of carbonyl (C=O) groups is 1. The number of likely N-dealkylation sites (N-methyl/N-ethyl adjacent to an activating group) is 1. The van der Waals surface area contributed by atoms with Crippen molar-refractivity contribution in [3.8, 4) is 0 Å². The lowest BCUT2D eigenvalue weighted by Crippen LogP contribution is -2.54. The Morgan fingerprint density at radius 2 is 2.00 bits per heavy atom. The summed E-state index contributed by atoms with van der Waals surface area (Å²) in [6.07, 6.45) is 1.17. The molecule has 0 bridgehead atoms. The summed E-state index contributed by atoms with van der Waals surface area (Å²) in [4.78, 5) is 15.5. The van der Waals surface area contributed by atoms with Gasteiger partial charge in [0.15, 0.2) is 0 Å². The van der Waals surface area contributed by atoms with Gasteiger partial charge in [-0.1, -0.05) is 6.07 Å². The first kappa shape index (κ1) is 15.9. The van der Waals surface area contributed by atoms with Crippen LogP contribution in [0.5, 0.6) is 0 Å². The average Bonchev–Trinajstić information content (AvgIpc) is 2.36. The van der Waals surface area contributed by atoms with E-state index in [4.69, 9.17) is 0 Å². The molecule has 1 aromatic rings. The van der Waals surface area contributed by atoms with Crippen molar-refractivity contribution in [3.63, 3.8) is 0 Å². The molecule has 1 N–H and O–H groups in total. The van der Waals surface area contributed by atoms with Crippen LogP contribution in [-0.2, 0) is 0 Å². The van der Waals surface area contributed by atoms with Crippen LogP contribution in [0.3, 0.4) is 0 Å². The van der Waals surface area contributed by atoms with Crippen LogP contribution in [0.1, 0.15) is 23.2 Å². The van der Waals surface area contributed by atoms with Crippen molar-refractivity contribution in [2.24, 2.45) is 0 Å². The molecule has 1 heterocycles. The summed E-state index contributed by atoms with van der Waals surface area (Å²) in [5, 5.41) is 10.5. The van der Waals surface area contributed by atoms with Crippen molar-refractivity contribution >= 4 is 5.91 Å². The van der Waals surface area contributed by atoms with E-state index < -0.39 is 28.7 Å². The van der Waals surface area contributed by atoms with Gasteiger partial charge in [-0.25, -0.2) is 8.78 Å². The smallest absolute Gasteiger partial charge is 0.259 e. The van der Waals surface area contributed by atoms with Crippen LogP contribution in [-0.4, -0.2) is 60.1 Å². The second-order valence-electron chi connectivity index (χ2n) is 5.89. The predicted octanol–water partition coefficient (Wildman–Crippen LogP) is 1.49. The van der Waals surface area contributed by atoms with E-state index in [0.717, 1.165) is 12.1 Å². The van der Waals surface area contributed by atoms with Crippen molar-refractivity contribution in [1.29, 1.82) is 0 Å². The SMILES string of the molecule is CN(C)CC1(O)CCCN(C(=O)c2c(F)cccc2F)C1. The number of hydrogen-bond acceptors (Lipinski definition) is 3. The minimum atomic E-state index is -1.04. The Morgan fingerprint density at radius 1 is 1.38 bits per heavy atom. The molecular formula is C15H20F2N2O2. The molecule has 0 aromatic heterocycles. The topological polar surface area (TPSA) is 43.8 Å². The van der Waals surface area contributed by atoms with E-state index >= 15 is 0 Å². The molecule has 1 aliphatic heterocycles. The summed E-state index contributed by atoms with van der Waals surface area (Å²) in [6.45, 7) is 0.872. The second-order valence-corrected chi connectivity index (χ2v) is 5.89. The molecule has 1 amide bonds. The summed E-state index contributed by atoms with van der Waals surface area (Å²) in [5.74, 6) is -2.45. The van der Waals surface area contributed by atoms with E-state index in [1.54, 1.807) is 0 Å². The highest BCUT2D eigenvalue weighted by molar-refractivity contribution is 5.94. The maximum absolute atomic E-state index is 13.7. The van der Waals surface area contributed by atoms with E-state index in [1.165, 1.54) is 11.0 Å². The minimum absolute atomic E-state index is 0.0811. The average molecular weight is 298 g/mol. The van der Waals surface area contributed by atoms with Crippen LogP contribution < -0.4 is 0 Å². The Balaban J connectivity index is 2.20. The van der Waals surface area contributed by atoms with E-state index in [-0.39, 0.29) is 6.54 Å². The van der Waals surface area contributed by atoms with Gasteiger partial charge < -0.3 is 14.9 Å². The van der Waals surface area contributed by atoms with Gasteiger partial charge in [-0.2, -0.15) is 0 Å². The van der Waals surface area contributed by atoms with Gasteiger partial charge in [0, 0.05) is 13.1 Å². The quantitative estimate of drug-likeness (QED) is 0.919. The summed E-state index contributed by atoms with van der Waals surface area (Å²) in [5.41, 5.74) is -1.59. The number of benzene rings is 1. The lowest BCUT2D eigenvalue weighted by Gasteiger charge is -2.40. The van der Waals surface area contributed by atoms with Crippen molar-refractivity contribution < 1.29 is 18.7 Å². The minimum Gasteiger partial charge on any atom is -0.387 e. The normalized spacial score (nSPS) is 22.7. The fourth-order valence-corrected chi connectivity index (χ4v) is 2.86. The number of carbonyl (C=O) groups excluding carboxylic acids is 1. The van der Waals surface area contributed by atoms with E-state index in [2.05, 4.69) is 0 Å². The molecule has 116 valence electrons. The highest BCUT2D eigenvalue weighted by atomic mass is 19.1. The van der Waals surface area contributed by atoms with E-state index in [1.807, 2.05) is 19.0 Å². The summed E-state index contributed by atoms with van der Waals surface area (Å²) >= 11 is 0. The second kappa shape index (κ2) is 6.07. The summed E-state index contributed by atoms with van der Waals surface area (Å²) < 4.78 is 27.4. The number of rotatable bonds is 3. The maximum Gasteiger partial charge on any atom is 0.259 e. The van der Waals surface area contributed by atoms with Gasteiger partial charge in [-0.05, 0) is 39.1 Å². The zero-order valence-electron chi connectivity index (χ0n) is 12.3. The molecule has 1 aliphatic rings. The molecule has 0 spiro atoms.